The Kier molecular flexibility index (Phi) is 7.82. The molecule has 1 aliphatic heterocycles. The van der Waals surface area contributed by atoms with Crippen molar-refractivity contribution < 1.29 is 19.4 Å². The van der Waals surface area contributed by atoms with Gasteiger partial charge in [-0.2, -0.15) is 0 Å². The molecule has 0 aliphatic carbocycles. The van der Waals surface area contributed by atoms with Crippen LogP contribution < -0.4 is 5.32 Å². The number of anilines is 1. The van der Waals surface area contributed by atoms with Gasteiger partial charge in [0, 0.05) is 24.7 Å². The molecule has 2 atom stereocenters. The fourth-order valence-electron chi connectivity index (χ4n) is 4.46. The molecule has 1 amide bonds. The molecule has 0 saturated carbocycles. The summed E-state index contributed by atoms with van der Waals surface area (Å²) in [4.78, 5) is 31.8. The Hall–Kier alpha value is -3.55. The van der Waals surface area contributed by atoms with Gasteiger partial charge in [-0.3, -0.25) is 19.5 Å². The van der Waals surface area contributed by atoms with Crippen LogP contribution in [0.4, 0.5) is 5.69 Å². The second-order valence-corrected chi connectivity index (χ2v) is 9.79. The molecular formula is C29H33N3O4. The molecule has 1 fully saturated rings. The fraction of sp³-hybridized carbons (Fsp3) is 0.345. The van der Waals surface area contributed by atoms with Crippen LogP contribution in [0, 0.1) is 0 Å². The standard InChI is InChI=1S/C29H33N3O4/c1-29(2,28(34)35)23-17-22(21-11-13-30-14-12-21)18-24(19-23)31-27(33)25(16-20-8-5-4-6-9-20)32(3)26-10-7-15-36-26/h4-6,8-9,11-14,17-19,25-26H,7,10,15-16H2,1-3H3,(H,31,33)(H,34,35)/t25-,26+/m0/s1. The summed E-state index contributed by atoms with van der Waals surface area (Å²) in [7, 11) is 1.93. The zero-order valence-electron chi connectivity index (χ0n) is 21.0. The van der Waals surface area contributed by atoms with Crippen molar-refractivity contribution in [1.29, 1.82) is 0 Å². The third-order valence-corrected chi connectivity index (χ3v) is 6.90. The zero-order chi connectivity index (χ0) is 25.7. The Balaban J connectivity index is 1.68. The van der Waals surface area contributed by atoms with Crippen molar-refractivity contribution in [3.8, 4) is 11.1 Å². The number of carbonyl (C=O) groups excluding carboxylic acids is 1. The molecule has 0 radical (unpaired) electrons. The highest BCUT2D eigenvalue weighted by Crippen LogP contribution is 2.32. The van der Waals surface area contributed by atoms with Crippen LogP contribution in [0.1, 0.15) is 37.8 Å². The number of nitrogens with zero attached hydrogens (tertiary/aromatic N) is 2. The van der Waals surface area contributed by atoms with Gasteiger partial charge in [-0.1, -0.05) is 30.3 Å². The van der Waals surface area contributed by atoms with E-state index in [1.807, 2.05) is 66.5 Å². The molecule has 1 saturated heterocycles. The van der Waals surface area contributed by atoms with Gasteiger partial charge in [-0.05, 0) is 92.7 Å². The van der Waals surface area contributed by atoms with Gasteiger partial charge in [-0.25, -0.2) is 0 Å². The van der Waals surface area contributed by atoms with Gasteiger partial charge >= 0.3 is 5.97 Å². The molecule has 7 nitrogen and oxygen atoms in total. The number of ether oxygens (including phenoxy) is 1. The summed E-state index contributed by atoms with van der Waals surface area (Å²) in [5.41, 5.74) is 2.78. The lowest BCUT2D eigenvalue weighted by Gasteiger charge is -2.32. The van der Waals surface area contributed by atoms with Crippen LogP contribution in [0.5, 0.6) is 0 Å². The molecule has 2 N–H and O–H groups in total. The van der Waals surface area contributed by atoms with Crippen molar-refractivity contribution in [3.63, 3.8) is 0 Å². The first-order valence-corrected chi connectivity index (χ1v) is 12.2. The molecule has 0 unspecified atom stereocenters. The Bertz CT molecular complexity index is 1190. The maximum absolute atomic E-state index is 13.7. The largest absolute Gasteiger partial charge is 0.481 e. The predicted octanol–water partition coefficient (Wildman–Crippen LogP) is 4.73. The van der Waals surface area contributed by atoms with Crippen LogP contribution >= 0.6 is 0 Å². The molecule has 1 aromatic heterocycles. The number of carboxylic acid groups (broad SMARTS) is 1. The smallest absolute Gasteiger partial charge is 0.313 e. The summed E-state index contributed by atoms with van der Waals surface area (Å²) >= 11 is 0. The number of pyridine rings is 1. The predicted molar refractivity (Wildman–Crippen MR) is 140 cm³/mol. The Morgan fingerprint density at radius 3 is 2.47 bits per heavy atom. The highest BCUT2D eigenvalue weighted by molar-refractivity contribution is 5.96. The molecule has 36 heavy (non-hydrogen) atoms. The summed E-state index contributed by atoms with van der Waals surface area (Å²) < 4.78 is 5.88. The number of carboxylic acids is 1. The molecule has 4 rings (SSSR count). The first-order valence-electron chi connectivity index (χ1n) is 12.2. The van der Waals surface area contributed by atoms with Gasteiger partial charge in [-0.15, -0.1) is 0 Å². The lowest BCUT2D eigenvalue weighted by atomic mass is 9.83. The van der Waals surface area contributed by atoms with Crippen LogP contribution in [0.2, 0.25) is 0 Å². The zero-order valence-corrected chi connectivity index (χ0v) is 21.0. The lowest BCUT2D eigenvalue weighted by molar-refractivity contribution is -0.142. The monoisotopic (exact) mass is 487 g/mol. The van der Waals surface area contributed by atoms with E-state index in [1.165, 1.54) is 0 Å². The van der Waals surface area contributed by atoms with E-state index in [0.717, 1.165) is 29.5 Å². The number of carbonyl (C=O) groups is 2. The number of aliphatic carboxylic acids is 1. The van der Waals surface area contributed by atoms with Crippen LogP contribution in [-0.4, -0.2) is 52.8 Å². The Labute approximate surface area is 212 Å². The van der Waals surface area contributed by atoms with Crippen LogP contribution in [-0.2, 0) is 26.2 Å². The van der Waals surface area contributed by atoms with E-state index in [4.69, 9.17) is 4.74 Å². The average Bonchev–Trinajstić information content (AvgIpc) is 3.43. The first-order chi connectivity index (χ1) is 17.3. The van der Waals surface area contributed by atoms with Crippen LogP contribution in [0.3, 0.4) is 0 Å². The average molecular weight is 488 g/mol. The fourth-order valence-corrected chi connectivity index (χ4v) is 4.46. The van der Waals surface area contributed by atoms with Gasteiger partial charge in [0.2, 0.25) is 5.91 Å². The normalized spacial score (nSPS) is 16.6. The Morgan fingerprint density at radius 1 is 1.11 bits per heavy atom. The van der Waals surface area contributed by atoms with Crippen molar-refractivity contribution in [2.45, 2.75) is 50.8 Å². The number of nitrogens with one attached hydrogen (secondary N) is 1. The molecular weight excluding hydrogens is 454 g/mol. The molecule has 188 valence electrons. The molecule has 1 aliphatic rings. The van der Waals surface area contributed by atoms with E-state index in [0.29, 0.717) is 24.3 Å². The van der Waals surface area contributed by atoms with Crippen molar-refractivity contribution in [1.82, 2.24) is 9.88 Å². The van der Waals surface area contributed by atoms with E-state index < -0.39 is 17.4 Å². The number of likely N-dealkylation sites (N-methyl/N-ethyl adjacent to an activating group) is 1. The quantitative estimate of drug-likeness (QED) is 0.453. The minimum absolute atomic E-state index is 0.117. The maximum Gasteiger partial charge on any atom is 0.313 e. The molecule has 0 bridgehead atoms. The SMILES string of the molecule is CN([C@H]1CCCO1)[C@@H](Cc1ccccc1)C(=O)Nc1cc(-c2ccncc2)cc(C(C)(C)C(=O)O)c1. The molecule has 0 spiro atoms. The van der Waals surface area contributed by atoms with E-state index in [1.54, 1.807) is 32.3 Å². The first kappa shape index (κ1) is 25.5. The minimum Gasteiger partial charge on any atom is -0.481 e. The van der Waals surface area contributed by atoms with Gasteiger partial charge in [0.25, 0.3) is 0 Å². The lowest BCUT2D eigenvalue weighted by Crippen LogP contribution is -2.48. The van der Waals surface area contributed by atoms with Crippen molar-refractivity contribution >= 4 is 17.6 Å². The number of rotatable bonds is 9. The second kappa shape index (κ2) is 11.0. The van der Waals surface area contributed by atoms with E-state index in [9.17, 15) is 14.7 Å². The van der Waals surface area contributed by atoms with Gasteiger partial charge in [0.05, 0.1) is 11.5 Å². The number of hydrogen-bond donors (Lipinski definition) is 2. The number of hydrogen-bond acceptors (Lipinski definition) is 5. The maximum atomic E-state index is 13.7. The van der Waals surface area contributed by atoms with Crippen molar-refractivity contribution in [3.05, 3.63) is 84.2 Å². The second-order valence-electron chi connectivity index (χ2n) is 9.79. The highest BCUT2D eigenvalue weighted by atomic mass is 16.5. The highest BCUT2D eigenvalue weighted by Gasteiger charge is 2.33. The summed E-state index contributed by atoms with van der Waals surface area (Å²) in [5, 5.41) is 12.9. The van der Waals surface area contributed by atoms with Gasteiger partial charge in [0.1, 0.15) is 6.23 Å². The summed E-state index contributed by atoms with van der Waals surface area (Å²) in [5.74, 6) is -1.10. The number of aromatic nitrogens is 1. The minimum atomic E-state index is -1.14. The third kappa shape index (κ3) is 5.80. The molecule has 7 heteroatoms. The molecule has 2 heterocycles. The summed E-state index contributed by atoms with van der Waals surface area (Å²) in [6.45, 7) is 4.02. The van der Waals surface area contributed by atoms with E-state index >= 15 is 0 Å². The van der Waals surface area contributed by atoms with E-state index in [-0.39, 0.29) is 12.1 Å². The topological polar surface area (TPSA) is 91.8 Å². The van der Waals surface area contributed by atoms with Crippen molar-refractivity contribution in [2.24, 2.45) is 0 Å². The van der Waals surface area contributed by atoms with Crippen LogP contribution in [0.25, 0.3) is 11.1 Å². The number of benzene rings is 2. The molecule has 3 aromatic rings. The van der Waals surface area contributed by atoms with Gasteiger partial charge < -0.3 is 15.2 Å². The van der Waals surface area contributed by atoms with Gasteiger partial charge in [0.15, 0.2) is 0 Å². The summed E-state index contributed by atoms with van der Waals surface area (Å²) in [6.07, 6.45) is 5.64. The Morgan fingerprint density at radius 2 is 1.83 bits per heavy atom. The summed E-state index contributed by atoms with van der Waals surface area (Å²) in [6, 6.07) is 18.7. The third-order valence-electron chi connectivity index (χ3n) is 6.90. The number of amides is 1. The molecule has 2 aromatic carbocycles. The van der Waals surface area contributed by atoms with Crippen LogP contribution in [0.15, 0.2) is 73.1 Å². The van der Waals surface area contributed by atoms with Crippen molar-refractivity contribution in [2.75, 3.05) is 19.0 Å². The van der Waals surface area contributed by atoms with E-state index in [2.05, 4.69) is 10.3 Å².